The van der Waals surface area contributed by atoms with Gasteiger partial charge in [0.2, 0.25) is 5.95 Å². The van der Waals surface area contributed by atoms with Crippen LogP contribution in [-0.2, 0) is 0 Å². The van der Waals surface area contributed by atoms with Crippen molar-refractivity contribution in [3.8, 4) is 11.3 Å². The largest absolute Gasteiger partial charge is 0.351 e. The molecule has 0 bridgehead atoms. The number of rotatable bonds is 6. The van der Waals surface area contributed by atoms with Crippen LogP contribution >= 0.6 is 0 Å². The maximum Gasteiger partial charge on any atom is 0.223 e. The third-order valence-electron chi connectivity index (χ3n) is 5.29. The highest BCUT2D eigenvalue weighted by molar-refractivity contribution is 6.11. The maximum absolute atomic E-state index is 12.4. The molecule has 5 rings (SSSR count). The molecule has 1 saturated carbocycles. The van der Waals surface area contributed by atoms with E-state index in [9.17, 15) is 4.79 Å². The zero-order valence-electron chi connectivity index (χ0n) is 16.4. The van der Waals surface area contributed by atoms with Gasteiger partial charge < -0.3 is 5.32 Å². The molecule has 0 aliphatic heterocycles. The molecule has 1 N–H and O–H groups in total. The van der Waals surface area contributed by atoms with Gasteiger partial charge in [0.25, 0.3) is 0 Å². The van der Waals surface area contributed by atoms with E-state index in [4.69, 9.17) is 9.97 Å². The van der Waals surface area contributed by atoms with Crippen LogP contribution in [0.5, 0.6) is 0 Å². The van der Waals surface area contributed by atoms with Gasteiger partial charge in [0.1, 0.15) is 5.52 Å². The first-order valence-corrected chi connectivity index (χ1v) is 10.2. The SMILES string of the molecule is CCCC(=O)c1ccc2c(c1)nc(-c1ccccc1)c1nc(NC3CC3)ncc12. The topological polar surface area (TPSA) is 67.8 Å². The molecule has 0 saturated heterocycles. The zero-order chi connectivity index (χ0) is 19.8. The number of fused-ring (bicyclic) bond motifs is 3. The highest BCUT2D eigenvalue weighted by Crippen LogP contribution is 2.33. The number of carbonyl (C=O) groups excluding carboxylic acids is 1. The number of hydrogen-bond acceptors (Lipinski definition) is 5. The Morgan fingerprint density at radius 2 is 1.90 bits per heavy atom. The fraction of sp³-hybridized carbons (Fsp3) is 0.250. The highest BCUT2D eigenvalue weighted by atomic mass is 16.1. The van der Waals surface area contributed by atoms with Crippen molar-refractivity contribution in [1.29, 1.82) is 0 Å². The Balaban J connectivity index is 1.74. The lowest BCUT2D eigenvalue weighted by atomic mass is 10.0. The molecule has 0 radical (unpaired) electrons. The van der Waals surface area contributed by atoms with Crippen LogP contribution in [-0.4, -0.2) is 26.8 Å². The minimum Gasteiger partial charge on any atom is -0.351 e. The van der Waals surface area contributed by atoms with Gasteiger partial charge in [-0.05, 0) is 25.3 Å². The Kier molecular flexibility index (Phi) is 4.43. The third-order valence-corrected chi connectivity index (χ3v) is 5.29. The Hall–Kier alpha value is -3.34. The standard InChI is InChI=1S/C24H22N4O/c1-2-6-21(29)16-9-12-18-19-14-25-24(26-17-10-11-17)28-23(19)22(27-20(18)13-16)15-7-4-3-5-8-15/h3-5,7-9,12-14,17H,2,6,10-11H2,1H3,(H,25,26,28). The lowest BCUT2D eigenvalue weighted by Crippen LogP contribution is -2.06. The lowest BCUT2D eigenvalue weighted by Gasteiger charge is -2.12. The average molecular weight is 382 g/mol. The molecule has 2 aromatic heterocycles. The summed E-state index contributed by atoms with van der Waals surface area (Å²) in [6.07, 6.45) is 5.58. The van der Waals surface area contributed by atoms with Gasteiger partial charge in [-0.25, -0.2) is 15.0 Å². The van der Waals surface area contributed by atoms with Crippen LogP contribution in [0.1, 0.15) is 43.0 Å². The molecule has 2 aromatic carbocycles. The summed E-state index contributed by atoms with van der Waals surface area (Å²) >= 11 is 0. The van der Waals surface area contributed by atoms with Crippen molar-refractivity contribution in [2.24, 2.45) is 0 Å². The molecule has 29 heavy (non-hydrogen) atoms. The predicted molar refractivity (Wildman–Crippen MR) is 116 cm³/mol. The molecular formula is C24H22N4O. The summed E-state index contributed by atoms with van der Waals surface area (Å²) in [7, 11) is 0. The maximum atomic E-state index is 12.4. The van der Waals surface area contributed by atoms with Crippen LogP contribution in [0, 0.1) is 0 Å². The molecule has 0 atom stereocenters. The van der Waals surface area contributed by atoms with Crippen LogP contribution in [0.25, 0.3) is 33.1 Å². The normalized spacial score (nSPS) is 13.7. The molecule has 1 fully saturated rings. The van der Waals surface area contributed by atoms with Gasteiger partial charge in [-0.2, -0.15) is 0 Å². The van der Waals surface area contributed by atoms with E-state index in [1.807, 2.05) is 61.7 Å². The molecule has 1 aliphatic rings. The highest BCUT2D eigenvalue weighted by Gasteiger charge is 2.22. The van der Waals surface area contributed by atoms with Crippen molar-refractivity contribution >= 4 is 33.5 Å². The molecule has 0 amide bonds. The van der Waals surface area contributed by atoms with Crippen molar-refractivity contribution in [3.05, 3.63) is 60.3 Å². The minimum atomic E-state index is 0.151. The van der Waals surface area contributed by atoms with E-state index in [1.54, 1.807) is 0 Å². The van der Waals surface area contributed by atoms with E-state index in [0.717, 1.165) is 52.3 Å². The molecule has 5 nitrogen and oxygen atoms in total. The number of carbonyl (C=O) groups is 1. The molecule has 1 aliphatic carbocycles. The number of pyridine rings is 1. The number of hydrogen-bond donors (Lipinski definition) is 1. The molecule has 0 spiro atoms. The summed E-state index contributed by atoms with van der Waals surface area (Å²) in [4.78, 5) is 26.7. The van der Waals surface area contributed by atoms with Gasteiger partial charge in [-0.15, -0.1) is 0 Å². The summed E-state index contributed by atoms with van der Waals surface area (Å²) in [6.45, 7) is 2.02. The van der Waals surface area contributed by atoms with E-state index >= 15 is 0 Å². The van der Waals surface area contributed by atoms with Crippen molar-refractivity contribution in [3.63, 3.8) is 0 Å². The second-order valence-corrected chi connectivity index (χ2v) is 7.61. The number of Topliss-reactive ketones (excluding diaryl/α,β-unsaturated/α-hetero) is 1. The van der Waals surface area contributed by atoms with Crippen molar-refractivity contribution in [2.75, 3.05) is 5.32 Å². The van der Waals surface area contributed by atoms with E-state index in [1.165, 1.54) is 0 Å². The second-order valence-electron chi connectivity index (χ2n) is 7.61. The number of benzene rings is 2. The van der Waals surface area contributed by atoms with Crippen LogP contribution in [0.2, 0.25) is 0 Å². The summed E-state index contributed by atoms with van der Waals surface area (Å²) < 4.78 is 0. The van der Waals surface area contributed by atoms with Crippen molar-refractivity contribution in [1.82, 2.24) is 15.0 Å². The van der Waals surface area contributed by atoms with Gasteiger partial charge in [-0.3, -0.25) is 4.79 Å². The van der Waals surface area contributed by atoms with Crippen LogP contribution < -0.4 is 5.32 Å². The average Bonchev–Trinajstić information content (AvgIpc) is 3.57. The monoisotopic (exact) mass is 382 g/mol. The van der Waals surface area contributed by atoms with Gasteiger partial charge in [0.05, 0.1) is 11.2 Å². The van der Waals surface area contributed by atoms with Gasteiger partial charge >= 0.3 is 0 Å². The molecule has 4 aromatic rings. The Morgan fingerprint density at radius 1 is 1.07 bits per heavy atom. The number of nitrogens with one attached hydrogen (secondary N) is 1. The summed E-state index contributed by atoms with van der Waals surface area (Å²) in [5.41, 5.74) is 4.15. The van der Waals surface area contributed by atoms with Gasteiger partial charge in [0.15, 0.2) is 5.78 Å². The quantitative estimate of drug-likeness (QED) is 0.357. The molecule has 0 unspecified atom stereocenters. The third kappa shape index (κ3) is 3.44. The fourth-order valence-electron chi connectivity index (χ4n) is 3.61. The first-order chi connectivity index (χ1) is 14.2. The summed E-state index contributed by atoms with van der Waals surface area (Å²) in [5.74, 6) is 0.797. The zero-order valence-corrected chi connectivity index (χ0v) is 16.4. The smallest absolute Gasteiger partial charge is 0.223 e. The van der Waals surface area contributed by atoms with Gasteiger partial charge in [-0.1, -0.05) is 49.4 Å². The fourth-order valence-corrected chi connectivity index (χ4v) is 3.61. The minimum absolute atomic E-state index is 0.151. The number of aromatic nitrogens is 3. The van der Waals surface area contributed by atoms with Crippen LogP contribution in [0.4, 0.5) is 5.95 Å². The Labute approximate surface area is 169 Å². The molecule has 144 valence electrons. The first-order valence-electron chi connectivity index (χ1n) is 10.2. The van der Waals surface area contributed by atoms with Crippen LogP contribution in [0.15, 0.2) is 54.7 Å². The number of nitrogens with zero attached hydrogens (tertiary/aromatic N) is 3. The van der Waals surface area contributed by atoms with Crippen molar-refractivity contribution < 1.29 is 4.79 Å². The summed E-state index contributed by atoms with van der Waals surface area (Å²) in [5, 5.41) is 5.29. The van der Waals surface area contributed by atoms with Crippen molar-refractivity contribution in [2.45, 2.75) is 38.6 Å². The second kappa shape index (κ2) is 7.24. The first kappa shape index (κ1) is 17.7. The van der Waals surface area contributed by atoms with E-state index in [-0.39, 0.29) is 5.78 Å². The van der Waals surface area contributed by atoms with Crippen LogP contribution in [0.3, 0.4) is 0 Å². The van der Waals surface area contributed by atoms with Gasteiger partial charge in [0, 0.05) is 40.6 Å². The Morgan fingerprint density at radius 3 is 2.66 bits per heavy atom. The molecule has 5 heteroatoms. The predicted octanol–water partition coefficient (Wildman–Crippen LogP) is 5.40. The molecular weight excluding hydrogens is 360 g/mol. The number of ketones is 1. The van der Waals surface area contributed by atoms with E-state index in [2.05, 4.69) is 10.3 Å². The lowest BCUT2D eigenvalue weighted by molar-refractivity contribution is 0.0982. The van der Waals surface area contributed by atoms with E-state index < -0.39 is 0 Å². The van der Waals surface area contributed by atoms with E-state index in [0.29, 0.717) is 24.0 Å². The number of anilines is 1. The summed E-state index contributed by atoms with van der Waals surface area (Å²) in [6, 6.07) is 16.3. The molecule has 2 heterocycles. The Bertz CT molecular complexity index is 1220.